The Labute approximate surface area is 86.8 Å². The van der Waals surface area contributed by atoms with Crippen molar-refractivity contribution in [1.82, 2.24) is 10.1 Å². The summed E-state index contributed by atoms with van der Waals surface area (Å²) in [6.07, 6.45) is 4.92. The SMILES string of the molecule is C1CSC(c2noc(NC3CC3)n2)C1. The van der Waals surface area contributed by atoms with Gasteiger partial charge in [0.2, 0.25) is 0 Å². The normalized spacial score (nSPS) is 26.7. The molecule has 2 heterocycles. The molecule has 0 aromatic carbocycles. The second-order valence-electron chi connectivity index (χ2n) is 3.88. The van der Waals surface area contributed by atoms with E-state index >= 15 is 0 Å². The van der Waals surface area contributed by atoms with Gasteiger partial charge in [0.25, 0.3) is 0 Å². The molecule has 0 radical (unpaired) electrons. The van der Waals surface area contributed by atoms with E-state index in [4.69, 9.17) is 4.52 Å². The van der Waals surface area contributed by atoms with Gasteiger partial charge >= 0.3 is 6.01 Å². The van der Waals surface area contributed by atoms with Crippen LogP contribution in [0.2, 0.25) is 0 Å². The van der Waals surface area contributed by atoms with Gasteiger partial charge in [-0.05, 0) is 31.4 Å². The van der Waals surface area contributed by atoms with Crippen molar-refractivity contribution in [2.24, 2.45) is 0 Å². The zero-order valence-corrected chi connectivity index (χ0v) is 8.72. The van der Waals surface area contributed by atoms with Crippen LogP contribution >= 0.6 is 11.8 Å². The van der Waals surface area contributed by atoms with Crippen molar-refractivity contribution >= 4 is 17.8 Å². The Kier molecular flexibility index (Phi) is 2.12. The highest BCUT2D eigenvalue weighted by molar-refractivity contribution is 7.99. The van der Waals surface area contributed by atoms with E-state index in [0.717, 1.165) is 5.82 Å². The van der Waals surface area contributed by atoms with Gasteiger partial charge in [-0.2, -0.15) is 16.7 Å². The van der Waals surface area contributed by atoms with Crippen LogP contribution in [-0.4, -0.2) is 21.9 Å². The van der Waals surface area contributed by atoms with Gasteiger partial charge in [-0.3, -0.25) is 0 Å². The summed E-state index contributed by atoms with van der Waals surface area (Å²) < 4.78 is 5.14. The molecular weight excluding hydrogens is 198 g/mol. The minimum atomic E-state index is 0.466. The third-order valence-electron chi connectivity index (χ3n) is 2.56. The number of nitrogens with zero attached hydrogens (tertiary/aromatic N) is 2. The largest absolute Gasteiger partial charge is 0.335 e. The van der Waals surface area contributed by atoms with Gasteiger partial charge in [-0.15, -0.1) is 0 Å². The molecular formula is C9H13N3OS. The lowest BCUT2D eigenvalue weighted by atomic mass is 10.2. The third-order valence-corrected chi connectivity index (χ3v) is 3.94. The standard InChI is InChI=1S/C9H13N3OS/c1-2-7(14-5-1)8-11-9(13-12-8)10-6-3-4-6/h6-7H,1-5H2,(H,10,11,12). The average Bonchev–Trinajstić information content (AvgIpc) is 2.71. The number of aromatic nitrogens is 2. The molecule has 1 saturated heterocycles. The van der Waals surface area contributed by atoms with Crippen LogP contribution < -0.4 is 5.32 Å². The molecule has 1 saturated carbocycles. The fourth-order valence-electron chi connectivity index (χ4n) is 1.61. The van der Waals surface area contributed by atoms with Crippen LogP contribution in [0.5, 0.6) is 0 Å². The zero-order valence-electron chi connectivity index (χ0n) is 7.90. The first kappa shape index (κ1) is 8.59. The zero-order chi connectivity index (χ0) is 9.38. The van der Waals surface area contributed by atoms with E-state index in [1.807, 2.05) is 11.8 Å². The van der Waals surface area contributed by atoms with E-state index in [2.05, 4.69) is 15.5 Å². The van der Waals surface area contributed by atoms with Gasteiger partial charge in [0.15, 0.2) is 5.82 Å². The topological polar surface area (TPSA) is 51.0 Å². The summed E-state index contributed by atoms with van der Waals surface area (Å²) in [4.78, 5) is 4.36. The smallest absolute Gasteiger partial charge is 0.321 e. The molecule has 0 bridgehead atoms. The van der Waals surface area contributed by atoms with Crippen LogP contribution in [0.1, 0.15) is 36.8 Å². The van der Waals surface area contributed by atoms with Gasteiger partial charge in [0, 0.05) is 6.04 Å². The quantitative estimate of drug-likeness (QED) is 0.830. The third kappa shape index (κ3) is 1.73. The van der Waals surface area contributed by atoms with Gasteiger partial charge < -0.3 is 9.84 Å². The van der Waals surface area contributed by atoms with Crippen LogP contribution in [0.25, 0.3) is 0 Å². The molecule has 1 aromatic rings. The monoisotopic (exact) mass is 211 g/mol. The van der Waals surface area contributed by atoms with Crippen molar-refractivity contribution in [1.29, 1.82) is 0 Å². The Morgan fingerprint density at radius 1 is 1.36 bits per heavy atom. The summed E-state index contributed by atoms with van der Waals surface area (Å²) in [6, 6.07) is 1.19. The first-order chi connectivity index (χ1) is 6.92. The molecule has 0 amide bonds. The molecule has 1 atom stereocenters. The Balaban J connectivity index is 1.68. The maximum atomic E-state index is 5.14. The van der Waals surface area contributed by atoms with E-state index in [1.54, 1.807) is 0 Å². The molecule has 0 spiro atoms. The van der Waals surface area contributed by atoms with E-state index in [0.29, 0.717) is 17.3 Å². The van der Waals surface area contributed by atoms with Crippen molar-refractivity contribution < 1.29 is 4.52 Å². The van der Waals surface area contributed by atoms with Gasteiger partial charge in [-0.25, -0.2) is 0 Å². The minimum absolute atomic E-state index is 0.466. The van der Waals surface area contributed by atoms with E-state index in [-0.39, 0.29) is 0 Å². The van der Waals surface area contributed by atoms with Crippen molar-refractivity contribution in [3.8, 4) is 0 Å². The molecule has 4 nitrogen and oxygen atoms in total. The van der Waals surface area contributed by atoms with Crippen LogP contribution in [0, 0.1) is 0 Å². The molecule has 5 heteroatoms. The number of hydrogen-bond donors (Lipinski definition) is 1. The number of thioether (sulfide) groups is 1. The highest BCUT2D eigenvalue weighted by Crippen LogP contribution is 2.38. The maximum absolute atomic E-state index is 5.14. The number of hydrogen-bond acceptors (Lipinski definition) is 5. The molecule has 2 aliphatic rings. The number of anilines is 1. The molecule has 76 valence electrons. The summed E-state index contributed by atoms with van der Waals surface area (Å²) in [5.41, 5.74) is 0. The Hall–Kier alpha value is -0.710. The summed E-state index contributed by atoms with van der Waals surface area (Å²) in [7, 11) is 0. The van der Waals surface area contributed by atoms with Crippen molar-refractivity contribution in [3.63, 3.8) is 0 Å². The highest BCUT2D eigenvalue weighted by atomic mass is 32.2. The fraction of sp³-hybridized carbons (Fsp3) is 0.778. The van der Waals surface area contributed by atoms with Gasteiger partial charge in [-0.1, -0.05) is 5.16 Å². The van der Waals surface area contributed by atoms with Crippen molar-refractivity contribution in [3.05, 3.63) is 5.82 Å². The molecule has 1 aliphatic carbocycles. The molecule has 14 heavy (non-hydrogen) atoms. The van der Waals surface area contributed by atoms with Crippen molar-refractivity contribution in [2.75, 3.05) is 11.1 Å². The Bertz CT molecular complexity index is 318. The molecule has 1 unspecified atom stereocenters. The van der Waals surface area contributed by atoms with Gasteiger partial charge in [0.1, 0.15) is 0 Å². The van der Waals surface area contributed by atoms with E-state index in [9.17, 15) is 0 Å². The van der Waals surface area contributed by atoms with Gasteiger partial charge in [0.05, 0.1) is 5.25 Å². The van der Waals surface area contributed by atoms with Crippen LogP contribution in [0.4, 0.5) is 6.01 Å². The molecule has 1 aliphatic heterocycles. The summed E-state index contributed by atoms with van der Waals surface area (Å²) in [5, 5.41) is 7.69. The average molecular weight is 211 g/mol. The molecule has 1 aromatic heterocycles. The van der Waals surface area contributed by atoms with E-state index in [1.165, 1.54) is 31.4 Å². The highest BCUT2D eigenvalue weighted by Gasteiger charge is 2.26. The Morgan fingerprint density at radius 2 is 2.29 bits per heavy atom. The summed E-state index contributed by atoms with van der Waals surface area (Å²) >= 11 is 1.93. The number of rotatable bonds is 3. The lowest BCUT2D eigenvalue weighted by Crippen LogP contribution is -2.01. The van der Waals surface area contributed by atoms with Crippen LogP contribution in [0.3, 0.4) is 0 Å². The first-order valence-electron chi connectivity index (χ1n) is 5.13. The second kappa shape index (κ2) is 3.46. The fourth-order valence-corrected chi connectivity index (χ4v) is 2.80. The van der Waals surface area contributed by atoms with Crippen LogP contribution in [0.15, 0.2) is 4.52 Å². The molecule has 1 N–H and O–H groups in total. The molecule has 3 rings (SSSR count). The van der Waals surface area contributed by atoms with Crippen molar-refractivity contribution in [2.45, 2.75) is 37.0 Å². The summed E-state index contributed by atoms with van der Waals surface area (Å²) in [6.45, 7) is 0. The van der Waals surface area contributed by atoms with Crippen LogP contribution in [-0.2, 0) is 0 Å². The lowest BCUT2D eigenvalue weighted by molar-refractivity contribution is 0.421. The predicted octanol–water partition coefficient (Wildman–Crippen LogP) is 2.21. The maximum Gasteiger partial charge on any atom is 0.321 e. The first-order valence-corrected chi connectivity index (χ1v) is 6.18. The second-order valence-corrected chi connectivity index (χ2v) is 5.19. The summed E-state index contributed by atoms with van der Waals surface area (Å²) in [5.74, 6) is 2.10. The predicted molar refractivity (Wildman–Crippen MR) is 55.4 cm³/mol. The minimum Gasteiger partial charge on any atom is -0.335 e. The van der Waals surface area contributed by atoms with E-state index < -0.39 is 0 Å². The molecule has 2 fully saturated rings. The lowest BCUT2D eigenvalue weighted by Gasteiger charge is -1.99. The number of nitrogens with one attached hydrogen (secondary N) is 1. The Morgan fingerprint density at radius 3 is 3.00 bits per heavy atom.